The highest BCUT2D eigenvalue weighted by atomic mass is 32.1. The molecule has 2 atom stereocenters. The Kier molecular flexibility index (Phi) is 3.78. The van der Waals surface area contributed by atoms with Gasteiger partial charge in [0.1, 0.15) is 0 Å². The van der Waals surface area contributed by atoms with Crippen molar-refractivity contribution in [3.8, 4) is 0 Å². The van der Waals surface area contributed by atoms with Gasteiger partial charge in [-0.05, 0) is 42.8 Å². The lowest BCUT2D eigenvalue weighted by molar-refractivity contribution is 0.175. The van der Waals surface area contributed by atoms with Crippen LogP contribution < -0.4 is 5.32 Å². The first-order valence-electron chi connectivity index (χ1n) is 5.77. The summed E-state index contributed by atoms with van der Waals surface area (Å²) in [6, 6.07) is 2.60. The molecule has 1 aliphatic rings. The number of nitrogens with one attached hydrogen (secondary N) is 1. The van der Waals surface area contributed by atoms with Crippen LogP contribution in [0.25, 0.3) is 0 Å². The molecule has 2 rings (SSSR count). The first-order valence-corrected chi connectivity index (χ1v) is 6.65. The first kappa shape index (κ1) is 11.1. The fourth-order valence-corrected chi connectivity index (χ4v) is 3.29. The van der Waals surface area contributed by atoms with E-state index >= 15 is 0 Å². The van der Waals surface area contributed by atoms with Gasteiger partial charge in [-0.15, -0.1) is 11.3 Å². The summed E-state index contributed by atoms with van der Waals surface area (Å²) in [7, 11) is 0. The third-order valence-corrected chi connectivity index (χ3v) is 4.17. The van der Waals surface area contributed by atoms with Crippen molar-refractivity contribution in [2.75, 3.05) is 13.2 Å². The van der Waals surface area contributed by atoms with Gasteiger partial charge in [0.05, 0.1) is 0 Å². The van der Waals surface area contributed by atoms with Gasteiger partial charge in [0.2, 0.25) is 0 Å². The van der Waals surface area contributed by atoms with Crippen molar-refractivity contribution in [1.29, 1.82) is 0 Å². The summed E-state index contributed by atoms with van der Waals surface area (Å²) in [4.78, 5) is 1.51. The van der Waals surface area contributed by atoms with E-state index < -0.39 is 0 Å². The number of aryl methyl sites for hydroxylation is 1. The minimum atomic E-state index is 0.302. The molecule has 2 nitrogen and oxygen atoms in total. The molecule has 1 aliphatic carbocycles. The van der Waals surface area contributed by atoms with E-state index in [-0.39, 0.29) is 0 Å². The normalized spacial score (nSPS) is 25.2. The van der Waals surface area contributed by atoms with Crippen molar-refractivity contribution in [3.05, 3.63) is 21.9 Å². The largest absolute Gasteiger partial charge is 0.396 e. The molecule has 84 valence electrons. The van der Waals surface area contributed by atoms with E-state index in [4.69, 9.17) is 0 Å². The predicted octanol–water partition coefficient (Wildman–Crippen LogP) is 2.34. The van der Waals surface area contributed by atoms with E-state index in [0.717, 1.165) is 25.8 Å². The van der Waals surface area contributed by atoms with Gasteiger partial charge in [-0.2, -0.15) is 0 Å². The summed E-state index contributed by atoms with van der Waals surface area (Å²) in [5, 5.41) is 15.1. The highest BCUT2D eigenvalue weighted by Gasteiger charge is 2.29. The zero-order chi connectivity index (χ0) is 10.7. The summed E-state index contributed by atoms with van der Waals surface area (Å²) in [6.07, 6.45) is 3.40. The van der Waals surface area contributed by atoms with Gasteiger partial charge in [-0.1, -0.05) is 6.92 Å². The van der Waals surface area contributed by atoms with Crippen LogP contribution in [0.2, 0.25) is 0 Å². The van der Waals surface area contributed by atoms with Gasteiger partial charge < -0.3 is 10.4 Å². The van der Waals surface area contributed by atoms with Gasteiger partial charge in [0.15, 0.2) is 0 Å². The maximum Gasteiger partial charge on any atom is 0.0477 e. The zero-order valence-electron chi connectivity index (χ0n) is 9.20. The monoisotopic (exact) mass is 225 g/mol. The van der Waals surface area contributed by atoms with E-state index in [2.05, 4.69) is 23.7 Å². The molecule has 0 saturated heterocycles. The second kappa shape index (κ2) is 5.10. The third kappa shape index (κ3) is 2.25. The topological polar surface area (TPSA) is 32.3 Å². The Bertz CT molecular complexity index is 310. The summed E-state index contributed by atoms with van der Waals surface area (Å²) in [5.74, 6) is 0.402. The van der Waals surface area contributed by atoms with Crippen molar-refractivity contribution in [1.82, 2.24) is 5.32 Å². The maximum atomic E-state index is 9.39. The zero-order valence-corrected chi connectivity index (χ0v) is 10.0. The third-order valence-electron chi connectivity index (χ3n) is 3.18. The van der Waals surface area contributed by atoms with Crippen LogP contribution in [0.4, 0.5) is 0 Å². The second-order valence-corrected chi connectivity index (χ2v) is 5.21. The fraction of sp³-hybridized carbons (Fsp3) is 0.667. The van der Waals surface area contributed by atoms with Crippen LogP contribution in [0.1, 0.15) is 36.2 Å². The lowest BCUT2D eigenvalue weighted by Gasteiger charge is -2.31. The lowest BCUT2D eigenvalue weighted by Crippen LogP contribution is -2.34. The molecule has 0 aromatic carbocycles. The average Bonchev–Trinajstić information content (AvgIpc) is 2.73. The van der Waals surface area contributed by atoms with Gasteiger partial charge >= 0.3 is 0 Å². The molecule has 1 heterocycles. The van der Waals surface area contributed by atoms with Crippen LogP contribution >= 0.6 is 11.3 Å². The van der Waals surface area contributed by atoms with E-state index in [1.165, 1.54) is 10.4 Å². The smallest absolute Gasteiger partial charge is 0.0477 e. The molecule has 0 aliphatic heterocycles. The number of rotatable bonds is 4. The van der Waals surface area contributed by atoms with Crippen LogP contribution in [-0.4, -0.2) is 18.3 Å². The number of hydrogen-bond acceptors (Lipinski definition) is 3. The summed E-state index contributed by atoms with van der Waals surface area (Å²) >= 11 is 1.85. The highest BCUT2D eigenvalue weighted by Crippen LogP contribution is 2.36. The SMILES string of the molecule is CCCNC1c2ccsc2CCC1CO. The van der Waals surface area contributed by atoms with Gasteiger partial charge in [-0.25, -0.2) is 0 Å². The second-order valence-electron chi connectivity index (χ2n) is 4.21. The molecule has 2 N–H and O–H groups in total. The summed E-state index contributed by atoms with van der Waals surface area (Å²) in [6.45, 7) is 3.52. The molecule has 2 unspecified atom stereocenters. The van der Waals surface area contributed by atoms with Crippen molar-refractivity contribution in [3.63, 3.8) is 0 Å². The molecule has 0 spiro atoms. The number of fused-ring (bicyclic) bond motifs is 1. The number of aliphatic hydroxyl groups is 1. The Balaban J connectivity index is 2.15. The molecule has 0 fully saturated rings. The van der Waals surface area contributed by atoms with Gasteiger partial charge in [0.25, 0.3) is 0 Å². The van der Waals surface area contributed by atoms with E-state index in [9.17, 15) is 5.11 Å². The quantitative estimate of drug-likeness (QED) is 0.824. The van der Waals surface area contributed by atoms with E-state index in [1.807, 2.05) is 11.3 Å². The molecule has 0 amide bonds. The molecular formula is C12H19NOS. The van der Waals surface area contributed by atoms with E-state index in [0.29, 0.717) is 18.6 Å². The number of hydrogen-bond donors (Lipinski definition) is 2. The van der Waals surface area contributed by atoms with Crippen LogP contribution in [0.5, 0.6) is 0 Å². The molecule has 1 aromatic rings. The Morgan fingerprint density at radius 2 is 2.47 bits per heavy atom. The van der Waals surface area contributed by atoms with E-state index in [1.54, 1.807) is 0 Å². The van der Waals surface area contributed by atoms with Crippen LogP contribution in [-0.2, 0) is 6.42 Å². The van der Waals surface area contributed by atoms with Gasteiger partial charge in [0, 0.05) is 23.4 Å². The molecule has 0 bridgehead atoms. The van der Waals surface area contributed by atoms with Crippen molar-refractivity contribution in [2.45, 2.75) is 32.2 Å². The highest BCUT2D eigenvalue weighted by molar-refractivity contribution is 7.10. The van der Waals surface area contributed by atoms with Crippen LogP contribution in [0, 0.1) is 5.92 Å². The Hall–Kier alpha value is -0.380. The minimum absolute atomic E-state index is 0.302. The standard InChI is InChI=1S/C12H19NOS/c1-2-6-13-12-9(8-14)3-4-11-10(12)5-7-15-11/h5,7,9,12-14H,2-4,6,8H2,1H3. The molecule has 15 heavy (non-hydrogen) atoms. The fourth-order valence-electron chi connectivity index (χ4n) is 2.34. The number of aliphatic hydroxyl groups excluding tert-OH is 1. The first-order chi connectivity index (χ1) is 7.36. The van der Waals surface area contributed by atoms with Crippen LogP contribution in [0.15, 0.2) is 11.4 Å². The minimum Gasteiger partial charge on any atom is -0.396 e. The Morgan fingerprint density at radius 3 is 3.20 bits per heavy atom. The average molecular weight is 225 g/mol. The van der Waals surface area contributed by atoms with Crippen molar-refractivity contribution in [2.24, 2.45) is 5.92 Å². The molecule has 0 saturated carbocycles. The van der Waals surface area contributed by atoms with Crippen LogP contribution in [0.3, 0.4) is 0 Å². The molecule has 1 aromatic heterocycles. The number of thiophene rings is 1. The predicted molar refractivity (Wildman–Crippen MR) is 64.3 cm³/mol. The maximum absolute atomic E-state index is 9.39. The molecule has 0 radical (unpaired) electrons. The Morgan fingerprint density at radius 1 is 1.60 bits per heavy atom. The Labute approximate surface area is 95.3 Å². The lowest BCUT2D eigenvalue weighted by atomic mass is 9.84. The molecular weight excluding hydrogens is 206 g/mol. The van der Waals surface area contributed by atoms with Crippen molar-refractivity contribution >= 4 is 11.3 Å². The van der Waals surface area contributed by atoms with Gasteiger partial charge in [-0.3, -0.25) is 0 Å². The van der Waals surface area contributed by atoms with Crippen molar-refractivity contribution < 1.29 is 5.11 Å². The summed E-state index contributed by atoms with van der Waals surface area (Å²) in [5.41, 5.74) is 1.43. The molecule has 3 heteroatoms. The summed E-state index contributed by atoms with van der Waals surface area (Å²) < 4.78 is 0.